The van der Waals surface area contributed by atoms with Gasteiger partial charge in [0.05, 0.1) is 6.08 Å². The molecule has 11 heavy (non-hydrogen) atoms. The van der Waals surface area contributed by atoms with Crippen molar-refractivity contribution in [3.63, 3.8) is 0 Å². The minimum Gasteiger partial charge on any atom is -0.212 e. The fourth-order valence-corrected chi connectivity index (χ4v) is 0.265. The molecule has 0 saturated heterocycles. The first-order chi connectivity index (χ1) is 4.87. The molecule has 0 heterocycles. The molecular weight excluding hydrogens is 174 g/mol. The van der Waals surface area contributed by atoms with Gasteiger partial charge in [0.2, 0.25) is 0 Å². The standard InChI is InChI=1S/C5H2F6/c6-2-4(8)3(7)1-5(9,10)11/h1-2H/b3-1-,4-2-. The smallest absolute Gasteiger partial charge is 0.212 e. The van der Waals surface area contributed by atoms with Gasteiger partial charge >= 0.3 is 6.18 Å². The quantitative estimate of drug-likeness (QED) is 0.425. The van der Waals surface area contributed by atoms with Crippen molar-refractivity contribution in [2.75, 3.05) is 0 Å². The van der Waals surface area contributed by atoms with Crippen LogP contribution >= 0.6 is 0 Å². The molecule has 6 heteroatoms. The molecule has 0 amide bonds. The molecule has 64 valence electrons. The first-order valence-corrected chi connectivity index (χ1v) is 2.28. The fourth-order valence-electron chi connectivity index (χ4n) is 0.265. The third kappa shape index (κ3) is 4.46. The molecule has 0 aromatic rings. The highest BCUT2D eigenvalue weighted by Crippen LogP contribution is 2.23. The lowest BCUT2D eigenvalue weighted by Gasteiger charge is -1.97. The second kappa shape index (κ2) is 3.45. The van der Waals surface area contributed by atoms with Crippen LogP contribution in [0.4, 0.5) is 26.3 Å². The van der Waals surface area contributed by atoms with Crippen molar-refractivity contribution in [3.8, 4) is 0 Å². The molecular formula is C5H2F6. The number of rotatable bonds is 1. The monoisotopic (exact) mass is 176 g/mol. The topological polar surface area (TPSA) is 0 Å². The molecule has 0 saturated carbocycles. The maximum Gasteiger partial charge on any atom is 0.412 e. The Morgan fingerprint density at radius 3 is 1.73 bits per heavy atom. The van der Waals surface area contributed by atoms with Crippen LogP contribution in [-0.4, -0.2) is 6.18 Å². The summed E-state index contributed by atoms with van der Waals surface area (Å²) >= 11 is 0. The normalized spacial score (nSPS) is 15.5. The third-order valence-electron chi connectivity index (χ3n) is 0.614. The fraction of sp³-hybridized carbons (Fsp3) is 0.200. The summed E-state index contributed by atoms with van der Waals surface area (Å²) in [5, 5.41) is 0. The van der Waals surface area contributed by atoms with Crippen LogP contribution in [0.3, 0.4) is 0 Å². The van der Waals surface area contributed by atoms with Crippen LogP contribution in [0.25, 0.3) is 0 Å². The van der Waals surface area contributed by atoms with Gasteiger partial charge in [0.15, 0.2) is 11.7 Å². The number of alkyl halides is 3. The number of hydrogen-bond acceptors (Lipinski definition) is 0. The summed E-state index contributed by atoms with van der Waals surface area (Å²) in [6, 6.07) is 0. The molecule has 0 aliphatic carbocycles. The first kappa shape index (κ1) is 10.1. The summed E-state index contributed by atoms with van der Waals surface area (Å²) in [5.74, 6) is -4.46. The van der Waals surface area contributed by atoms with Crippen molar-refractivity contribution >= 4 is 0 Å². The Labute approximate surface area is 57.8 Å². The van der Waals surface area contributed by atoms with Gasteiger partial charge in [0.25, 0.3) is 0 Å². The summed E-state index contributed by atoms with van der Waals surface area (Å²) in [6.45, 7) is 0. The van der Waals surface area contributed by atoms with E-state index in [-0.39, 0.29) is 0 Å². The summed E-state index contributed by atoms with van der Waals surface area (Å²) in [4.78, 5) is 0. The lowest BCUT2D eigenvalue weighted by Crippen LogP contribution is -2.02. The van der Waals surface area contributed by atoms with Gasteiger partial charge in [0, 0.05) is 0 Å². The lowest BCUT2D eigenvalue weighted by molar-refractivity contribution is -0.0813. The second-order valence-electron chi connectivity index (χ2n) is 1.49. The lowest BCUT2D eigenvalue weighted by atomic mass is 10.4. The molecule has 0 aliphatic heterocycles. The van der Waals surface area contributed by atoms with Crippen LogP contribution in [0.5, 0.6) is 0 Å². The van der Waals surface area contributed by atoms with Crippen LogP contribution in [0.1, 0.15) is 0 Å². The minimum atomic E-state index is -4.98. The van der Waals surface area contributed by atoms with E-state index in [9.17, 15) is 26.3 Å². The minimum absolute atomic E-state index is 0.891. The summed E-state index contributed by atoms with van der Waals surface area (Å²) in [6.07, 6.45) is -6.85. The van der Waals surface area contributed by atoms with Crippen molar-refractivity contribution in [1.29, 1.82) is 0 Å². The maximum atomic E-state index is 11.8. The zero-order valence-electron chi connectivity index (χ0n) is 4.92. The Hall–Kier alpha value is -0.940. The van der Waals surface area contributed by atoms with Gasteiger partial charge < -0.3 is 0 Å². The molecule has 0 fully saturated rings. The van der Waals surface area contributed by atoms with Crippen molar-refractivity contribution < 1.29 is 26.3 Å². The first-order valence-electron chi connectivity index (χ1n) is 2.28. The highest BCUT2D eigenvalue weighted by atomic mass is 19.4. The molecule has 0 aliphatic rings. The Morgan fingerprint density at radius 2 is 1.45 bits per heavy atom. The average molecular weight is 176 g/mol. The van der Waals surface area contributed by atoms with Gasteiger partial charge in [-0.25, -0.2) is 13.2 Å². The molecule has 0 nitrogen and oxygen atoms in total. The van der Waals surface area contributed by atoms with Gasteiger partial charge in [-0.05, 0) is 0 Å². The summed E-state index contributed by atoms with van der Waals surface area (Å²) in [5.41, 5.74) is 0. The van der Waals surface area contributed by atoms with Crippen molar-refractivity contribution in [1.82, 2.24) is 0 Å². The summed E-state index contributed by atoms with van der Waals surface area (Å²) in [7, 11) is 0. The van der Waals surface area contributed by atoms with Crippen molar-refractivity contribution in [3.05, 3.63) is 24.1 Å². The molecule has 0 aromatic heterocycles. The van der Waals surface area contributed by atoms with Crippen LogP contribution in [0.15, 0.2) is 24.1 Å². The van der Waals surface area contributed by atoms with Crippen molar-refractivity contribution in [2.24, 2.45) is 0 Å². The Morgan fingerprint density at radius 1 is 1.00 bits per heavy atom. The van der Waals surface area contributed by atoms with E-state index in [0.29, 0.717) is 0 Å². The molecule has 0 bridgehead atoms. The van der Waals surface area contributed by atoms with E-state index < -0.39 is 30.2 Å². The van der Waals surface area contributed by atoms with E-state index in [4.69, 9.17) is 0 Å². The van der Waals surface area contributed by atoms with E-state index >= 15 is 0 Å². The molecule has 0 aromatic carbocycles. The Kier molecular flexibility index (Phi) is 3.16. The Bertz CT molecular complexity index is 186. The Balaban J connectivity index is 4.48. The molecule has 0 atom stereocenters. The van der Waals surface area contributed by atoms with E-state index in [1.165, 1.54) is 0 Å². The zero-order valence-corrected chi connectivity index (χ0v) is 4.92. The SMILES string of the molecule is F/C=C(F)/C(F)=C/C(F)(F)F. The largest absolute Gasteiger partial charge is 0.412 e. The van der Waals surface area contributed by atoms with Gasteiger partial charge in [-0.15, -0.1) is 0 Å². The molecule has 0 radical (unpaired) electrons. The van der Waals surface area contributed by atoms with Crippen LogP contribution < -0.4 is 0 Å². The van der Waals surface area contributed by atoms with E-state index in [1.807, 2.05) is 0 Å². The average Bonchev–Trinajstić information content (AvgIpc) is 1.82. The highest BCUT2D eigenvalue weighted by Gasteiger charge is 2.26. The van der Waals surface area contributed by atoms with Gasteiger partial charge in [0.1, 0.15) is 6.33 Å². The van der Waals surface area contributed by atoms with Gasteiger partial charge in [-0.2, -0.15) is 13.2 Å². The van der Waals surface area contributed by atoms with E-state index in [0.717, 1.165) is 0 Å². The molecule has 0 N–H and O–H groups in total. The maximum absolute atomic E-state index is 11.8. The van der Waals surface area contributed by atoms with Gasteiger partial charge in [-0.1, -0.05) is 0 Å². The number of hydrogen-bond donors (Lipinski definition) is 0. The van der Waals surface area contributed by atoms with Gasteiger partial charge in [-0.3, -0.25) is 0 Å². The van der Waals surface area contributed by atoms with Crippen LogP contribution in [-0.2, 0) is 0 Å². The van der Waals surface area contributed by atoms with E-state index in [1.54, 1.807) is 0 Å². The predicted octanol–water partition coefficient (Wildman–Crippen LogP) is 3.18. The zero-order chi connectivity index (χ0) is 9.07. The molecule has 0 rings (SSSR count). The third-order valence-corrected chi connectivity index (χ3v) is 0.614. The number of halogens is 6. The predicted molar refractivity (Wildman–Crippen MR) is 25.5 cm³/mol. The van der Waals surface area contributed by atoms with Crippen molar-refractivity contribution in [2.45, 2.75) is 6.18 Å². The molecule has 0 spiro atoms. The molecule has 0 unspecified atom stereocenters. The summed E-state index contributed by atoms with van der Waals surface area (Å²) < 4.78 is 67.9. The van der Waals surface area contributed by atoms with Crippen LogP contribution in [0, 0.1) is 0 Å². The highest BCUT2D eigenvalue weighted by molar-refractivity contribution is 5.17. The number of allylic oxidation sites excluding steroid dienone is 3. The van der Waals surface area contributed by atoms with Crippen LogP contribution in [0.2, 0.25) is 0 Å². The van der Waals surface area contributed by atoms with E-state index in [2.05, 4.69) is 0 Å². The second-order valence-corrected chi connectivity index (χ2v) is 1.49.